The second kappa shape index (κ2) is 2.75. The van der Waals surface area contributed by atoms with Gasteiger partial charge in [0, 0.05) is 24.1 Å². The van der Waals surface area contributed by atoms with Crippen LogP contribution in [0.5, 0.6) is 5.75 Å². The molecule has 0 aromatic heterocycles. The zero-order valence-corrected chi connectivity index (χ0v) is 6.59. The number of halogens is 1. The predicted molar refractivity (Wildman–Crippen MR) is 43.7 cm³/mol. The Balaban J connectivity index is 2.40. The molecule has 0 spiro atoms. The van der Waals surface area contributed by atoms with E-state index in [2.05, 4.69) is 0 Å². The molecular formula is C9H10FNO. The van der Waals surface area contributed by atoms with Gasteiger partial charge in [0.25, 0.3) is 0 Å². The topological polar surface area (TPSA) is 35.2 Å². The summed E-state index contributed by atoms with van der Waals surface area (Å²) in [5.74, 6) is 0.623. The zero-order valence-electron chi connectivity index (χ0n) is 6.59. The van der Waals surface area contributed by atoms with Crippen LogP contribution >= 0.6 is 0 Å². The number of hydrogen-bond donors (Lipinski definition) is 1. The maximum Gasteiger partial charge on any atom is 0.126 e. The van der Waals surface area contributed by atoms with Crippen LogP contribution < -0.4 is 10.5 Å². The van der Waals surface area contributed by atoms with Crippen LogP contribution in [0.15, 0.2) is 18.2 Å². The number of benzene rings is 1. The van der Waals surface area contributed by atoms with Gasteiger partial charge in [0.1, 0.15) is 11.6 Å². The Morgan fingerprint density at radius 1 is 1.58 bits per heavy atom. The molecule has 0 fully saturated rings. The first-order valence-corrected chi connectivity index (χ1v) is 3.93. The Morgan fingerprint density at radius 2 is 2.42 bits per heavy atom. The molecular weight excluding hydrogens is 157 g/mol. The Labute approximate surface area is 70.1 Å². The van der Waals surface area contributed by atoms with Crippen LogP contribution in [0.1, 0.15) is 11.5 Å². The highest BCUT2D eigenvalue weighted by Gasteiger charge is 2.22. The van der Waals surface area contributed by atoms with Gasteiger partial charge in [-0.2, -0.15) is 0 Å². The lowest BCUT2D eigenvalue weighted by Gasteiger charge is -2.02. The summed E-state index contributed by atoms with van der Waals surface area (Å²) < 4.78 is 17.9. The minimum atomic E-state index is -0.258. The van der Waals surface area contributed by atoms with Crippen LogP contribution in [0.2, 0.25) is 0 Å². The van der Waals surface area contributed by atoms with E-state index >= 15 is 0 Å². The first-order valence-electron chi connectivity index (χ1n) is 3.93. The van der Waals surface area contributed by atoms with Crippen molar-refractivity contribution in [2.45, 2.75) is 5.92 Å². The molecule has 2 nitrogen and oxygen atoms in total. The highest BCUT2D eigenvalue weighted by molar-refractivity contribution is 5.40. The summed E-state index contributed by atoms with van der Waals surface area (Å²) in [4.78, 5) is 0. The van der Waals surface area contributed by atoms with Crippen molar-refractivity contribution in [2.24, 2.45) is 5.73 Å². The molecule has 0 saturated heterocycles. The Bertz CT molecular complexity index is 301. The fourth-order valence-electron chi connectivity index (χ4n) is 1.45. The van der Waals surface area contributed by atoms with Gasteiger partial charge in [-0.3, -0.25) is 0 Å². The first-order chi connectivity index (χ1) is 5.81. The van der Waals surface area contributed by atoms with Crippen LogP contribution in [-0.2, 0) is 0 Å². The molecule has 2 rings (SSSR count). The Morgan fingerprint density at radius 3 is 3.17 bits per heavy atom. The van der Waals surface area contributed by atoms with Crippen LogP contribution in [0.3, 0.4) is 0 Å². The van der Waals surface area contributed by atoms with Crippen molar-refractivity contribution in [1.82, 2.24) is 0 Å². The molecule has 1 aromatic carbocycles. The van der Waals surface area contributed by atoms with E-state index in [0.717, 1.165) is 5.56 Å². The average molecular weight is 167 g/mol. The second-order valence-electron chi connectivity index (χ2n) is 2.93. The molecule has 0 aliphatic carbocycles. The van der Waals surface area contributed by atoms with Crippen LogP contribution in [0.25, 0.3) is 0 Å². The van der Waals surface area contributed by atoms with E-state index < -0.39 is 0 Å². The van der Waals surface area contributed by atoms with E-state index in [-0.39, 0.29) is 11.7 Å². The van der Waals surface area contributed by atoms with Crippen LogP contribution in [-0.4, -0.2) is 13.2 Å². The third-order valence-corrected chi connectivity index (χ3v) is 2.14. The van der Waals surface area contributed by atoms with Gasteiger partial charge in [-0.25, -0.2) is 4.39 Å². The van der Waals surface area contributed by atoms with E-state index in [9.17, 15) is 4.39 Å². The van der Waals surface area contributed by atoms with Crippen molar-refractivity contribution in [3.05, 3.63) is 29.6 Å². The maximum atomic E-state index is 12.7. The van der Waals surface area contributed by atoms with Gasteiger partial charge in [-0.05, 0) is 6.07 Å². The molecule has 12 heavy (non-hydrogen) atoms. The van der Waals surface area contributed by atoms with Crippen molar-refractivity contribution >= 4 is 0 Å². The number of hydrogen-bond acceptors (Lipinski definition) is 2. The smallest absolute Gasteiger partial charge is 0.126 e. The van der Waals surface area contributed by atoms with Gasteiger partial charge in [0.05, 0.1) is 6.61 Å². The van der Waals surface area contributed by atoms with Gasteiger partial charge in [0.2, 0.25) is 0 Å². The SMILES string of the molecule is NCC1COc2cc(F)ccc21. The summed E-state index contributed by atoms with van der Waals surface area (Å²) in [6, 6.07) is 4.59. The maximum absolute atomic E-state index is 12.7. The molecule has 0 saturated carbocycles. The fourth-order valence-corrected chi connectivity index (χ4v) is 1.45. The molecule has 1 aliphatic heterocycles. The highest BCUT2D eigenvalue weighted by Crippen LogP contribution is 2.33. The predicted octanol–water partition coefficient (Wildman–Crippen LogP) is 1.26. The number of rotatable bonds is 1. The van der Waals surface area contributed by atoms with Gasteiger partial charge in [-0.15, -0.1) is 0 Å². The minimum absolute atomic E-state index is 0.237. The van der Waals surface area contributed by atoms with E-state index in [1.807, 2.05) is 0 Å². The third kappa shape index (κ3) is 1.06. The quantitative estimate of drug-likeness (QED) is 0.683. The summed E-state index contributed by atoms with van der Waals surface area (Å²) in [6.45, 7) is 1.13. The molecule has 1 heterocycles. The normalized spacial score (nSPS) is 20.3. The van der Waals surface area contributed by atoms with Crippen molar-refractivity contribution < 1.29 is 9.13 Å². The lowest BCUT2D eigenvalue weighted by atomic mass is 10.0. The van der Waals surface area contributed by atoms with E-state index in [4.69, 9.17) is 10.5 Å². The Kier molecular flexibility index (Phi) is 1.73. The monoisotopic (exact) mass is 167 g/mol. The number of ether oxygens (including phenoxy) is 1. The zero-order chi connectivity index (χ0) is 8.55. The molecule has 64 valence electrons. The molecule has 1 aromatic rings. The summed E-state index contributed by atoms with van der Waals surface area (Å²) >= 11 is 0. The van der Waals surface area contributed by atoms with Crippen molar-refractivity contribution in [3.8, 4) is 5.75 Å². The van der Waals surface area contributed by atoms with Crippen molar-refractivity contribution in [2.75, 3.05) is 13.2 Å². The first kappa shape index (κ1) is 7.55. The number of nitrogens with two attached hydrogens (primary N) is 1. The van der Waals surface area contributed by atoms with Crippen molar-refractivity contribution in [1.29, 1.82) is 0 Å². The lowest BCUT2D eigenvalue weighted by molar-refractivity contribution is 0.331. The molecule has 2 N–H and O–H groups in total. The fraction of sp³-hybridized carbons (Fsp3) is 0.333. The Hall–Kier alpha value is -1.09. The summed E-state index contributed by atoms with van der Waals surface area (Å²) in [7, 11) is 0. The minimum Gasteiger partial charge on any atom is -0.492 e. The summed E-state index contributed by atoms with van der Waals surface area (Å²) in [5, 5.41) is 0. The van der Waals surface area contributed by atoms with Gasteiger partial charge >= 0.3 is 0 Å². The molecule has 0 radical (unpaired) electrons. The average Bonchev–Trinajstić information content (AvgIpc) is 2.46. The van der Waals surface area contributed by atoms with E-state index in [1.54, 1.807) is 6.07 Å². The van der Waals surface area contributed by atoms with Gasteiger partial charge in [0.15, 0.2) is 0 Å². The molecule has 1 atom stereocenters. The number of fused-ring (bicyclic) bond motifs is 1. The lowest BCUT2D eigenvalue weighted by Crippen LogP contribution is -2.13. The van der Waals surface area contributed by atoms with E-state index in [0.29, 0.717) is 18.9 Å². The van der Waals surface area contributed by atoms with Crippen molar-refractivity contribution in [3.63, 3.8) is 0 Å². The van der Waals surface area contributed by atoms with Crippen LogP contribution in [0.4, 0.5) is 4.39 Å². The second-order valence-corrected chi connectivity index (χ2v) is 2.93. The molecule has 0 bridgehead atoms. The summed E-state index contributed by atoms with van der Waals surface area (Å²) in [6.07, 6.45) is 0. The van der Waals surface area contributed by atoms with Gasteiger partial charge in [-0.1, -0.05) is 6.07 Å². The molecule has 3 heteroatoms. The largest absolute Gasteiger partial charge is 0.492 e. The standard InChI is InChI=1S/C9H10FNO/c10-7-1-2-8-6(4-11)5-12-9(8)3-7/h1-3,6H,4-5,11H2. The molecule has 1 aliphatic rings. The highest BCUT2D eigenvalue weighted by atomic mass is 19.1. The molecule has 0 amide bonds. The van der Waals surface area contributed by atoms with Crippen LogP contribution in [0, 0.1) is 5.82 Å². The molecule has 1 unspecified atom stereocenters. The van der Waals surface area contributed by atoms with E-state index in [1.165, 1.54) is 12.1 Å². The third-order valence-electron chi connectivity index (χ3n) is 2.14. The van der Waals surface area contributed by atoms with Gasteiger partial charge < -0.3 is 10.5 Å². The summed E-state index contributed by atoms with van der Waals surface area (Å²) in [5.41, 5.74) is 6.54.